The van der Waals surface area contributed by atoms with Gasteiger partial charge in [0.2, 0.25) is 11.8 Å². The molecule has 0 radical (unpaired) electrons. The zero-order chi connectivity index (χ0) is 35.3. The van der Waals surface area contributed by atoms with Crippen LogP contribution < -0.4 is 10.6 Å². The van der Waals surface area contributed by atoms with E-state index >= 15 is 0 Å². The zero-order valence-corrected chi connectivity index (χ0v) is 29.1. The summed E-state index contributed by atoms with van der Waals surface area (Å²) in [6, 6.07) is 0. The normalized spacial score (nSPS) is 19.9. The number of Topliss-reactive ketones (excluding diaryl/α,β-unsaturated/α-hetero) is 1. The molecule has 274 valence electrons. The average molecular weight is 682 g/mol. The van der Waals surface area contributed by atoms with Crippen molar-refractivity contribution in [2.75, 3.05) is 65.4 Å². The van der Waals surface area contributed by atoms with Crippen LogP contribution in [0.25, 0.3) is 0 Å². The number of carboxylic acids is 2. The third-order valence-electron chi connectivity index (χ3n) is 9.03. The Morgan fingerprint density at radius 2 is 1.40 bits per heavy atom. The topological polar surface area (TPSA) is 186 Å². The highest BCUT2D eigenvalue weighted by Crippen LogP contribution is 2.19. The Bertz CT molecular complexity index is 1040. The van der Waals surface area contributed by atoms with Gasteiger partial charge in [-0.15, -0.1) is 0 Å². The molecule has 2 saturated heterocycles. The largest absolute Gasteiger partial charge is 0.481 e. The van der Waals surface area contributed by atoms with Gasteiger partial charge in [0.25, 0.3) is 0 Å². The van der Waals surface area contributed by atoms with Crippen molar-refractivity contribution in [3.05, 3.63) is 0 Å². The summed E-state index contributed by atoms with van der Waals surface area (Å²) < 4.78 is 5.45. The van der Waals surface area contributed by atoms with Crippen molar-refractivity contribution in [1.29, 1.82) is 0 Å². The summed E-state index contributed by atoms with van der Waals surface area (Å²) in [6.45, 7) is 5.93. The predicted octanol–water partition coefficient (Wildman–Crippen LogP) is 2.10. The standard InChI is InChI=1S/C34H59N5O9/c1-26(2)28(40)12-10-8-6-4-3-5-7-9-11-15-35-29(41)21-36-30(42)22-37-16-13-27(20-32(43)44)14-17-38(24-33(45)46)23-31-39(19-18-37)25-34(47)48-31/h26-27,31H,3-25H2,1-2H3,(H,35,41)(H,36,42)(H,43,44)(H,45,46). The number of carbonyl (C=O) groups excluding carboxylic acids is 4. The molecule has 0 aromatic heterocycles. The summed E-state index contributed by atoms with van der Waals surface area (Å²) in [5.41, 5.74) is 0. The molecule has 0 aromatic rings. The van der Waals surface area contributed by atoms with Gasteiger partial charge >= 0.3 is 17.9 Å². The van der Waals surface area contributed by atoms with E-state index in [-0.39, 0.29) is 62.8 Å². The number of amides is 2. The van der Waals surface area contributed by atoms with E-state index < -0.39 is 24.1 Å². The van der Waals surface area contributed by atoms with E-state index in [0.29, 0.717) is 57.8 Å². The number of aliphatic carboxylic acids is 2. The Hall–Kier alpha value is -3.10. The monoisotopic (exact) mass is 681 g/mol. The minimum absolute atomic E-state index is 0.0155. The van der Waals surface area contributed by atoms with E-state index in [4.69, 9.17) is 4.74 Å². The lowest BCUT2D eigenvalue weighted by atomic mass is 9.96. The molecule has 2 rings (SSSR count). The van der Waals surface area contributed by atoms with E-state index in [0.717, 1.165) is 38.5 Å². The van der Waals surface area contributed by atoms with Crippen molar-refractivity contribution < 1.29 is 43.7 Å². The molecule has 48 heavy (non-hydrogen) atoms. The molecule has 0 aliphatic carbocycles. The molecule has 2 aliphatic rings. The maximum Gasteiger partial charge on any atom is 0.321 e. The molecular formula is C34H59N5O9. The SMILES string of the molecule is CC(C)C(=O)CCCCCCCCCCCNC(=O)CNC(=O)CN1CCC(CC(=O)O)CCN(CC(=O)O)CC2OC(=O)CN2CC1. The number of nitrogens with one attached hydrogen (secondary N) is 2. The molecule has 2 fully saturated rings. The van der Waals surface area contributed by atoms with Crippen molar-refractivity contribution in [1.82, 2.24) is 25.3 Å². The van der Waals surface area contributed by atoms with Crippen molar-refractivity contribution in [3.63, 3.8) is 0 Å². The Morgan fingerprint density at radius 1 is 0.771 bits per heavy atom. The lowest BCUT2D eigenvalue weighted by Crippen LogP contribution is -2.48. The van der Waals surface area contributed by atoms with E-state index in [9.17, 15) is 39.0 Å². The average Bonchev–Trinajstić information content (AvgIpc) is 3.37. The zero-order valence-electron chi connectivity index (χ0n) is 29.1. The molecule has 0 aromatic carbocycles. The van der Waals surface area contributed by atoms with Crippen LogP contribution in [0.1, 0.15) is 97.3 Å². The van der Waals surface area contributed by atoms with Crippen LogP contribution in [0.3, 0.4) is 0 Å². The second kappa shape index (κ2) is 23.3. The number of nitrogens with zero attached hydrogens (tertiary/aromatic N) is 3. The first-order valence-corrected chi connectivity index (χ1v) is 17.8. The molecule has 2 heterocycles. The van der Waals surface area contributed by atoms with Crippen LogP contribution in [0.2, 0.25) is 0 Å². The first-order valence-electron chi connectivity index (χ1n) is 17.8. The quantitative estimate of drug-likeness (QED) is 0.102. The second-order valence-corrected chi connectivity index (χ2v) is 13.5. The number of hydrogen-bond donors (Lipinski definition) is 4. The van der Waals surface area contributed by atoms with Crippen molar-refractivity contribution in [2.24, 2.45) is 11.8 Å². The Morgan fingerprint density at radius 3 is 2.02 bits per heavy atom. The van der Waals surface area contributed by atoms with Gasteiger partial charge in [0.1, 0.15) is 5.78 Å². The van der Waals surface area contributed by atoms with Gasteiger partial charge in [-0.3, -0.25) is 43.5 Å². The van der Waals surface area contributed by atoms with Crippen LogP contribution >= 0.6 is 0 Å². The van der Waals surface area contributed by atoms with Crippen LogP contribution in [0.5, 0.6) is 0 Å². The Labute approximate surface area is 285 Å². The molecular weight excluding hydrogens is 622 g/mol. The van der Waals surface area contributed by atoms with Crippen molar-refractivity contribution >= 4 is 35.5 Å². The fourth-order valence-electron chi connectivity index (χ4n) is 6.10. The number of carbonyl (C=O) groups is 6. The van der Waals surface area contributed by atoms with Crippen molar-refractivity contribution in [3.8, 4) is 0 Å². The second-order valence-electron chi connectivity index (χ2n) is 13.5. The van der Waals surface area contributed by atoms with Gasteiger partial charge in [-0.05, 0) is 44.7 Å². The highest BCUT2D eigenvalue weighted by atomic mass is 16.6. The minimum atomic E-state index is -1.01. The van der Waals surface area contributed by atoms with Crippen LogP contribution in [-0.2, 0) is 33.5 Å². The molecule has 2 amide bonds. The van der Waals surface area contributed by atoms with Gasteiger partial charge in [0.15, 0.2) is 6.23 Å². The van der Waals surface area contributed by atoms with Crippen LogP contribution in [0.4, 0.5) is 0 Å². The number of ether oxygens (including phenoxy) is 1. The number of ketones is 1. The maximum atomic E-state index is 12.8. The van der Waals surface area contributed by atoms with Gasteiger partial charge in [0, 0.05) is 38.4 Å². The van der Waals surface area contributed by atoms with E-state index in [1.54, 1.807) is 4.90 Å². The molecule has 0 spiro atoms. The molecule has 2 aliphatic heterocycles. The third kappa shape index (κ3) is 18.4. The first-order chi connectivity index (χ1) is 22.9. The molecule has 14 nitrogen and oxygen atoms in total. The third-order valence-corrected chi connectivity index (χ3v) is 9.03. The summed E-state index contributed by atoms with van der Waals surface area (Å²) in [5.74, 6) is -2.67. The molecule has 0 saturated carbocycles. The van der Waals surface area contributed by atoms with Gasteiger partial charge in [-0.25, -0.2) is 0 Å². The predicted molar refractivity (Wildman–Crippen MR) is 179 cm³/mol. The summed E-state index contributed by atoms with van der Waals surface area (Å²) in [6.07, 6.45) is 10.7. The number of carboxylic acid groups (broad SMARTS) is 2. The lowest BCUT2D eigenvalue weighted by Gasteiger charge is -2.32. The first kappa shape index (κ1) is 41.1. The Kier molecular flexibility index (Phi) is 19.9. The fraction of sp³-hybridized carbons (Fsp3) is 0.824. The van der Waals surface area contributed by atoms with Gasteiger partial charge in [-0.1, -0.05) is 58.8 Å². The molecule has 4 N–H and O–H groups in total. The number of rotatable bonds is 21. The van der Waals surface area contributed by atoms with Gasteiger partial charge in [0.05, 0.1) is 32.7 Å². The van der Waals surface area contributed by atoms with Crippen LogP contribution in [-0.4, -0.2) is 132 Å². The molecule has 0 bridgehead atoms. The Balaban J connectivity index is 1.69. The fourth-order valence-corrected chi connectivity index (χ4v) is 6.10. The number of esters is 1. The number of hydrogen-bond acceptors (Lipinski definition) is 10. The van der Waals surface area contributed by atoms with Crippen LogP contribution in [0.15, 0.2) is 0 Å². The lowest BCUT2D eigenvalue weighted by molar-refractivity contribution is -0.144. The maximum absolute atomic E-state index is 12.8. The minimum Gasteiger partial charge on any atom is -0.481 e. The van der Waals surface area contributed by atoms with E-state index in [1.165, 1.54) is 19.3 Å². The van der Waals surface area contributed by atoms with E-state index in [1.807, 2.05) is 23.6 Å². The number of fused-ring (bicyclic) bond motifs is 1. The summed E-state index contributed by atoms with van der Waals surface area (Å²) in [7, 11) is 0. The highest BCUT2D eigenvalue weighted by Gasteiger charge is 2.34. The van der Waals surface area contributed by atoms with Gasteiger partial charge in [-0.2, -0.15) is 0 Å². The summed E-state index contributed by atoms with van der Waals surface area (Å²) in [4.78, 5) is 77.2. The number of unbranched alkanes of at least 4 members (excludes halogenated alkanes) is 8. The van der Waals surface area contributed by atoms with Crippen LogP contribution in [0, 0.1) is 11.8 Å². The van der Waals surface area contributed by atoms with Crippen molar-refractivity contribution in [2.45, 2.75) is 104 Å². The van der Waals surface area contributed by atoms with E-state index in [2.05, 4.69) is 10.6 Å². The summed E-state index contributed by atoms with van der Waals surface area (Å²) >= 11 is 0. The molecule has 2 atom stereocenters. The highest BCUT2D eigenvalue weighted by molar-refractivity contribution is 5.85. The van der Waals surface area contributed by atoms with Gasteiger partial charge < -0.3 is 25.6 Å². The molecule has 14 heteroatoms. The molecule has 2 unspecified atom stereocenters. The smallest absolute Gasteiger partial charge is 0.321 e. The summed E-state index contributed by atoms with van der Waals surface area (Å²) in [5, 5.41) is 24.3.